The summed E-state index contributed by atoms with van der Waals surface area (Å²) in [6, 6.07) is 6.38. The molecular formula is C6H8NO2+. The molecule has 0 saturated carbocycles. The number of hydrogen-bond acceptors (Lipinski definition) is 2. The minimum absolute atomic E-state index is 0.165. The molecule has 0 atom stereocenters. The largest absolute Gasteiger partial charge is 0.508 e. The first-order valence-electron chi connectivity index (χ1n) is 2.59. The molecule has 4 N–H and O–H groups in total. The smallest absolute Gasteiger partial charge is 0.165 e. The first-order chi connectivity index (χ1) is 4.33. The predicted octanol–water partition coefficient (Wildman–Crippen LogP) is -0.0237. The first kappa shape index (κ1) is 6.07. The molecule has 1 aromatic rings. The van der Waals surface area contributed by atoms with E-state index in [4.69, 9.17) is 10.3 Å². The average Bonchev–Trinajstić information content (AvgIpc) is 1.88. The Morgan fingerprint density at radius 3 is 2.56 bits per heavy atom. The van der Waals surface area contributed by atoms with Crippen molar-refractivity contribution in [2.45, 2.75) is 0 Å². The zero-order valence-electron chi connectivity index (χ0n) is 4.78. The summed E-state index contributed by atoms with van der Waals surface area (Å²) in [6.07, 6.45) is 0. The third-order valence-corrected chi connectivity index (χ3v) is 1.02. The fraction of sp³-hybridized carbons (Fsp3) is 0. The van der Waals surface area contributed by atoms with Crippen LogP contribution in [0.15, 0.2) is 24.3 Å². The third-order valence-electron chi connectivity index (χ3n) is 1.02. The van der Waals surface area contributed by atoms with Crippen LogP contribution in [0.2, 0.25) is 0 Å². The summed E-state index contributed by atoms with van der Waals surface area (Å²) in [5.74, 6) is 0.165. The number of rotatable bonds is 1. The van der Waals surface area contributed by atoms with Crippen LogP contribution in [0, 0.1) is 0 Å². The summed E-state index contributed by atoms with van der Waals surface area (Å²) in [6.45, 7) is 0. The monoisotopic (exact) mass is 126 g/mol. The van der Waals surface area contributed by atoms with Crippen LogP contribution in [0.3, 0.4) is 0 Å². The van der Waals surface area contributed by atoms with E-state index in [-0.39, 0.29) is 5.75 Å². The van der Waals surface area contributed by atoms with Gasteiger partial charge in [-0.3, -0.25) is 0 Å². The van der Waals surface area contributed by atoms with Crippen LogP contribution in [0.25, 0.3) is 0 Å². The number of phenols is 1. The molecule has 0 spiro atoms. The second-order valence-corrected chi connectivity index (χ2v) is 1.72. The summed E-state index contributed by atoms with van der Waals surface area (Å²) >= 11 is 0. The van der Waals surface area contributed by atoms with Crippen LogP contribution < -0.4 is 5.48 Å². The van der Waals surface area contributed by atoms with Gasteiger partial charge in [0.1, 0.15) is 5.75 Å². The highest BCUT2D eigenvalue weighted by molar-refractivity contribution is 5.35. The van der Waals surface area contributed by atoms with Gasteiger partial charge in [0.2, 0.25) is 0 Å². The van der Waals surface area contributed by atoms with Gasteiger partial charge in [0.15, 0.2) is 5.69 Å². The standard InChI is InChI=1S/C6H7NO2/c8-6-3-1-2-5(4-6)7-9/h1-4,7-9H/p+1. The van der Waals surface area contributed by atoms with Gasteiger partial charge >= 0.3 is 0 Å². The van der Waals surface area contributed by atoms with Gasteiger partial charge in [-0.25, -0.2) is 5.21 Å². The number of benzene rings is 1. The molecule has 9 heavy (non-hydrogen) atoms. The van der Waals surface area contributed by atoms with Crippen molar-refractivity contribution in [2.24, 2.45) is 0 Å². The summed E-state index contributed by atoms with van der Waals surface area (Å²) < 4.78 is 0. The van der Waals surface area contributed by atoms with Gasteiger partial charge < -0.3 is 5.11 Å². The number of nitrogens with two attached hydrogens (primary N) is 1. The van der Waals surface area contributed by atoms with Crippen molar-refractivity contribution < 1.29 is 15.8 Å². The molecule has 0 bridgehead atoms. The molecule has 48 valence electrons. The Hall–Kier alpha value is -1.06. The molecule has 1 rings (SSSR count). The maximum absolute atomic E-state index is 8.81. The zero-order valence-corrected chi connectivity index (χ0v) is 4.78. The van der Waals surface area contributed by atoms with Gasteiger partial charge in [-0.15, -0.1) is 0 Å². The summed E-state index contributed by atoms with van der Waals surface area (Å²) in [5, 5.41) is 17.2. The van der Waals surface area contributed by atoms with Crippen molar-refractivity contribution in [2.75, 3.05) is 0 Å². The van der Waals surface area contributed by atoms with Crippen LogP contribution >= 0.6 is 0 Å². The Bertz CT molecular complexity index is 200. The van der Waals surface area contributed by atoms with E-state index in [0.29, 0.717) is 5.69 Å². The van der Waals surface area contributed by atoms with Crippen LogP contribution in [-0.4, -0.2) is 10.3 Å². The van der Waals surface area contributed by atoms with Crippen LogP contribution in [-0.2, 0) is 0 Å². The SMILES string of the molecule is O[NH2+]c1cccc(O)c1. The van der Waals surface area contributed by atoms with Gasteiger partial charge in [-0.1, -0.05) is 6.07 Å². The summed E-state index contributed by atoms with van der Waals surface area (Å²) in [5.41, 5.74) is 1.55. The van der Waals surface area contributed by atoms with Crippen LogP contribution in [0.4, 0.5) is 5.69 Å². The van der Waals surface area contributed by atoms with Crippen molar-refractivity contribution in [1.29, 1.82) is 0 Å². The van der Waals surface area contributed by atoms with E-state index in [9.17, 15) is 0 Å². The molecule has 0 fully saturated rings. The second kappa shape index (κ2) is 2.48. The minimum Gasteiger partial charge on any atom is -0.508 e. The lowest BCUT2D eigenvalue weighted by Crippen LogP contribution is -2.73. The van der Waals surface area contributed by atoms with Crippen LogP contribution in [0.5, 0.6) is 5.75 Å². The topological polar surface area (TPSA) is 57.1 Å². The molecule has 0 aliphatic rings. The molecule has 3 heteroatoms. The fourth-order valence-corrected chi connectivity index (χ4v) is 0.605. The highest BCUT2D eigenvalue weighted by Crippen LogP contribution is 2.10. The van der Waals surface area contributed by atoms with Gasteiger partial charge in [-0.2, -0.15) is 5.48 Å². The lowest BCUT2D eigenvalue weighted by molar-refractivity contribution is -0.825. The number of hydrogen-bond donors (Lipinski definition) is 3. The molecule has 0 unspecified atom stereocenters. The van der Waals surface area contributed by atoms with Crippen molar-refractivity contribution >= 4 is 5.69 Å². The highest BCUT2D eigenvalue weighted by atomic mass is 16.5. The van der Waals surface area contributed by atoms with E-state index < -0.39 is 0 Å². The van der Waals surface area contributed by atoms with Gasteiger partial charge in [0.25, 0.3) is 0 Å². The molecule has 0 heterocycles. The zero-order chi connectivity index (χ0) is 6.69. The number of phenolic OH excluding ortho intramolecular Hbond substituents is 1. The highest BCUT2D eigenvalue weighted by Gasteiger charge is 1.92. The average molecular weight is 126 g/mol. The first-order valence-corrected chi connectivity index (χ1v) is 2.59. The summed E-state index contributed by atoms with van der Waals surface area (Å²) in [4.78, 5) is 0. The van der Waals surface area contributed by atoms with E-state index >= 15 is 0 Å². The molecule has 3 nitrogen and oxygen atoms in total. The van der Waals surface area contributed by atoms with Crippen molar-refractivity contribution in [3.63, 3.8) is 0 Å². The van der Waals surface area contributed by atoms with Crippen molar-refractivity contribution in [3.05, 3.63) is 24.3 Å². The molecule has 0 aromatic heterocycles. The Morgan fingerprint density at radius 1 is 1.33 bits per heavy atom. The lowest BCUT2D eigenvalue weighted by Gasteiger charge is -1.90. The van der Waals surface area contributed by atoms with E-state index in [0.717, 1.165) is 5.48 Å². The minimum atomic E-state index is 0.165. The maximum atomic E-state index is 8.81. The van der Waals surface area contributed by atoms with Gasteiger partial charge in [0, 0.05) is 12.1 Å². The Kier molecular flexibility index (Phi) is 1.67. The number of aromatic hydroxyl groups is 1. The third kappa shape index (κ3) is 1.42. The molecule has 0 aliphatic heterocycles. The maximum Gasteiger partial charge on any atom is 0.165 e. The Balaban J connectivity index is 2.94. The van der Waals surface area contributed by atoms with E-state index in [1.54, 1.807) is 18.2 Å². The summed E-state index contributed by atoms with van der Waals surface area (Å²) in [7, 11) is 0. The van der Waals surface area contributed by atoms with Crippen molar-refractivity contribution in [3.8, 4) is 5.75 Å². The Morgan fingerprint density at radius 2 is 2.11 bits per heavy atom. The molecule has 0 aliphatic carbocycles. The second-order valence-electron chi connectivity index (χ2n) is 1.72. The molecule has 0 saturated heterocycles. The van der Waals surface area contributed by atoms with Gasteiger partial charge in [0.05, 0.1) is 0 Å². The lowest BCUT2D eigenvalue weighted by atomic mass is 10.3. The molecule has 0 amide bonds. The quantitative estimate of drug-likeness (QED) is 0.366. The molecular weight excluding hydrogens is 118 g/mol. The van der Waals surface area contributed by atoms with Crippen molar-refractivity contribution in [1.82, 2.24) is 0 Å². The number of quaternary nitrogens is 1. The van der Waals surface area contributed by atoms with Crippen LogP contribution in [0.1, 0.15) is 0 Å². The normalized spacial score (nSPS) is 9.44. The van der Waals surface area contributed by atoms with E-state index in [1.165, 1.54) is 6.07 Å². The fourth-order valence-electron chi connectivity index (χ4n) is 0.605. The Labute approximate surface area is 52.5 Å². The molecule has 0 radical (unpaired) electrons. The van der Waals surface area contributed by atoms with Gasteiger partial charge in [-0.05, 0) is 6.07 Å². The predicted molar refractivity (Wildman–Crippen MR) is 31.5 cm³/mol. The van der Waals surface area contributed by atoms with E-state index in [2.05, 4.69) is 0 Å². The molecule has 1 aromatic carbocycles. The van der Waals surface area contributed by atoms with E-state index in [1.807, 2.05) is 0 Å².